The van der Waals surface area contributed by atoms with Crippen molar-refractivity contribution >= 4 is 30.2 Å². The van der Waals surface area contributed by atoms with Gasteiger partial charge in [-0.1, -0.05) is 0 Å². The Labute approximate surface area is 258 Å². The maximum absolute atomic E-state index is 13.2. The summed E-state index contributed by atoms with van der Waals surface area (Å²) in [5.41, 5.74) is 1.88. The number of carbonyl (C=O) groups is 4. The van der Waals surface area contributed by atoms with Gasteiger partial charge in [0, 0.05) is 25.8 Å². The molecule has 0 aromatic carbocycles. The highest BCUT2D eigenvalue weighted by molar-refractivity contribution is 5.90. The van der Waals surface area contributed by atoms with E-state index >= 15 is 0 Å². The van der Waals surface area contributed by atoms with E-state index in [-0.39, 0.29) is 11.8 Å². The van der Waals surface area contributed by atoms with Crippen LogP contribution in [0, 0.1) is 5.41 Å². The lowest BCUT2D eigenvalue weighted by atomic mass is 9.93. The zero-order chi connectivity index (χ0) is 33.2. The van der Waals surface area contributed by atoms with Crippen molar-refractivity contribution in [1.82, 2.24) is 26.6 Å². The number of amides is 4. The quantitative estimate of drug-likeness (QED) is 0.0803. The fourth-order valence-electron chi connectivity index (χ4n) is 4.09. The average Bonchev–Trinajstić information content (AvgIpc) is 2.85. The molecule has 0 saturated carbocycles. The molecule has 0 fully saturated rings. The van der Waals surface area contributed by atoms with Gasteiger partial charge >= 0.3 is 12.2 Å². The van der Waals surface area contributed by atoms with Gasteiger partial charge in [-0.25, -0.2) is 9.59 Å². The number of ether oxygens (including phenoxy) is 2. The average molecular weight is 614 g/mol. The van der Waals surface area contributed by atoms with Crippen LogP contribution in [0.2, 0.25) is 0 Å². The van der Waals surface area contributed by atoms with Crippen LogP contribution < -0.4 is 32.3 Å². The van der Waals surface area contributed by atoms with E-state index < -0.39 is 34.5 Å². The Kier molecular flexibility index (Phi) is 18.0. The normalized spacial score (nSPS) is 14.4. The van der Waals surface area contributed by atoms with E-state index in [1.165, 1.54) is 6.21 Å². The van der Waals surface area contributed by atoms with Gasteiger partial charge in [-0.15, -0.1) is 0 Å². The summed E-state index contributed by atoms with van der Waals surface area (Å²) >= 11 is 0. The van der Waals surface area contributed by atoms with Crippen LogP contribution in [0.25, 0.3) is 0 Å². The Bertz CT molecular complexity index is 887. The minimum Gasteiger partial charge on any atom is -0.444 e. The van der Waals surface area contributed by atoms with Gasteiger partial charge in [-0.05, 0) is 120 Å². The first-order valence-electron chi connectivity index (χ1n) is 15.4. The van der Waals surface area contributed by atoms with Crippen LogP contribution in [-0.4, -0.2) is 85.2 Å². The smallest absolute Gasteiger partial charge is 0.408 e. The molecule has 4 amide bonds. The lowest BCUT2D eigenvalue weighted by Crippen LogP contribution is -2.58. The first-order chi connectivity index (χ1) is 19.9. The first kappa shape index (κ1) is 40.1. The number of hydrogen-bond donors (Lipinski definition) is 7. The number of unbranched alkanes of at least 4 members (excludes halogenated alkanes) is 3. The van der Waals surface area contributed by atoms with Crippen molar-refractivity contribution in [3.63, 3.8) is 0 Å². The molecule has 0 aromatic rings. The van der Waals surface area contributed by atoms with Crippen LogP contribution in [0.4, 0.5) is 9.59 Å². The number of nitrogens with one attached hydrogen (secondary N) is 6. The third kappa shape index (κ3) is 19.1. The molecule has 0 aliphatic heterocycles. The molecule has 8 N–H and O–H groups in total. The van der Waals surface area contributed by atoms with Crippen molar-refractivity contribution in [2.45, 2.75) is 129 Å². The molecule has 0 aromatic heterocycles. The zero-order valence-corrected chi connectivity index (χ0v) is 27.8. The van der Waals surface area contributed by atoms with E-state index in [9.17, 15) is 19.2 Å². The van der Waals surface area contributed by atoms with Crippen molar-refractivity contribution in [2.24, 2.45) is 5.73 Å². The Hall–Kier alpha value is -2.93. The molecule has 0 bridgehead atoms. The van der Waals surface area contributed by atoms with Crippen molar-refractivity contribution < 1.29 is 28.7 Å². The molecule has 250 valence electrons. The summed E-state index contributed by atoms with van der Waals surface area (Å²) in [6.07, 6.45) is 4.81. The number of rotatable bonds is 20. The van der Waals surface area contributed by atoms with Gasteiger partial charge in [0.2, 0.25) is 11.8 Å². The molecule has 43 heavy (non-hydrogen) atoms. The Balaban J connectivity index is 4.97. The zero-order valence-electron chi connectivity index (χ0n) is 27.8. The predicted molar refractivity (Wildman–Crippen MR) is 169 cm³/mol. The van der Waals surface area contributed by atoms with Gasteiger partial charge in [0.25, 0.3) is 0 Å². The molecule has 0 heterocycles. The van der Waals surface area contributed by atoms with E-state index in [1.54, 1.807) is 55.4 Å². The SMILES string of the molecule is CC(C)(C)OC(=O)NC(C)(CCCCN)C(=O)NCCCCNC(=O)C(C)(CCCCNCC=N)NC(=O)OC(C)(C)C. The van der Waals surface area contributed by atoms with Crippen LogP contribution in [0.3, 0.4) is 0 Å². The summed E-state index contributed by atoms with van der Waals surface area (Å²) < 4.78 is 10.7. The lowest BCUT2D eigenvalue weighted by molar-refractivity contribution is -0.128. The second-order valence-corrected chi connectivity index (χ2v) is 13.2. The number of nitrogens with two attached hydrogens (primary N) is 1. The molecular weight excluding hydrogens is 554 g/mol. The highest BCUT2D eigenvalue weighted by Crippen LogP contribution is 2.18. The van der Waals surface area contributed by atoms with Crippen molar-refractivity contribution in [1.29, 1.82) is 5.41 Å². The summed E-state index contributed by atoms with van der Waals surface area (Å²) in [5, 5.41) is 21.4. The highest BCUT2D eigenvalue weighted by atomic mass is 16.6. The maximum Gasteiger partial charge on any atom is 0.408 e. The van der Waals surface area contributed by atoms with Gasteiger partial charge in [0.1, 0.15) is 22.3 Å². The van der Waals surface area contributed by atoms with Gasteiger partial charge in [-0.2, -0.15) is 0 Å². The lowest BCUT2D eigenvalue weighted by Gasteiger charge is -2.31. The minimum absolute atomic E-state index is 0.316. The van der Waals surface area contributed by atoms with Crippen LogP contribution in [0.5, 0.6) is 0 Å². The molecule has 0 radical (unpaired) electrons. The summed E-state index contributed by atoms with van der Waals surface area (Å²) in [4.78, 5) is 51.1. The summed E-state index contributed by atoms with van der Waals surface area (Å²) in [5.74, 6) is -0.632. The second kappa shape index (κ2) is 19.4. The number of hydrogen-bond acceptors (Lipinski definition) is 9. The fourth-order valence-corrected chi connectivity index (χ4v) is 4.09. The standard InChI is InChI=1S/C30H59N7O6/c1-27(2,3)42-25(40)36-29(7,15-9-11-17-31)23(38)34-20-13-14-21-35-24(39)30(8,16-10-12-19-33-22-18-32)37-26(41)43-28(4,5)6/h18,32-33H,9-17,19-22,31H2,1-8H3,(H,34,38)(H,35,39)(H,36,40)(H,37,41). The largest absolute Gasteiger partial charge is 0.444 e. The summed E-state index contributed by atoms with van der Waals surface area (Å²) in [6, 6.07) is 0. The van der Waals surface area contributed by atoms with E-state index in [2.05, 4.69) is 26.6 Å². The molecular formula is C30H59N7O6. The molecule has 0 saturated heterocycles. The van der Waals surface area contributed by atoms with Gasteiger partial charge in [0.05, 0.1) is 0 Å². The van der Waals surface area contributed by atoms with Crippen molar-refractivity contribution in [2.75, 3.05) is 32.7 Å². The minimum atomic E-state index is -1.17. The predicted octanol–water partition coefficient (Wildman–Crippen LogP) is 3.10. The summed E-state index contributed by atoms with van der Waals surface area (Å²) in [7, 11) is 0. The monoisotopic (exact) mass is 613 g/mol. The third-order valence-electron chi connectivity index (χ3n) is 6.39. The highest BCUT2D eigenvalue weighted by Gasteiger charge is 2.37. The van der Waals surface area contributed by atoms with E-state index in [0.29, 0.717) is 71.2 Å². The second-order valence-electron chi connectivity index (χ2n) is 13.2. The van der Waals surface area contributed by atoms with Gasteiger partial charge < -0.3 is 47.2 Å². The number of carbonyl (C=O) groups excluding carboxylic acids is 4. The maximum atomic E-state index is 13.2. The molecule has 0 rings (SSSR count). The van der Waals surface area contributed by atoms with E-state index in [1.807, 2.05) is 0 Å². The summed E-state index contributed by atoms with van der Waals surface area (Å²) in [6.45, 7) is 16.3. The van der Waals surface area contributed by atoms with Crippen molar-refractivity contribution in [3.8, 4) is 0 Å². The third-order valence-corrected chi connectivity index (χ3v) is 6.39. The Morgan fingerprint density at radius 2 is 1.05 bits per heavy atom. The van der Waals surface area contributed by atoms with E-state index in [0.717, 1.165) is 12.8 Å². The molecule has 0 spiro atoms. The first-order valence-corrected chi connectivity index (χ1v) is 15.4. The van der Waals surface area contributed by atoms with Crippen LogP contribution >= 0.6 is 0 Å². The van der Waals surface area contributed by atoms with Crippen molar-refractivity contribution in [3.05, 3.63) is 0 Å². The topological polar surface area (TPSA) is 197 Å². The number of alkyl carbamates (subject to hydrolysis) is 2. The Morgan fingerprint density at radius 1 is 0.651 bits per heavy atom. The molecule has 0 aliphatic carbocycles. The Morgan fingerprint density at radius 3 is 1.42 bits per heavy atom. The van der Waals surface area contributed by atoms with Crippen LogP contribution in [0.1, 0.15) is 107 Å². The molecule has 13 heteroatoms. The molecule has 2 atom stereocenters. The fraction of sp³-hybridized carbons (Fsp3) is 0.833. The molecule has 2 unspecified atom stereocenters. The van der Waals surface area contributed by atoms with Gasteiger partial charge in [-0.3, -0.25) is 9.59 Å². The van der Waals surface area contributed by atoms with Crippen LogP contribution in [-0.2, 0) is 19.1 Å². The molecule has 13 nitrogen and oxygen atoms in total. The van der Waals surface area contributed by atoms with Crippen LogP contribution in [0.15, 0.2) is 0 Å². The molecule has 0 aliphatic rings. The van der Waals surface area contributed by atoms with E-state index in [4.69, 9.17) is 20.6 Å². The van der Waals surface area contributed by atoms with Gasteiger partial charge in [0.15, 0.2) is 0 Å².